The molecule has 1 aromatic rings. The molecule has 0 atom stereocenters. The zero-order valence-electron chi connectivity index (χ0n) is 7.58. The first-order chi connectivity index (χ1) is 7.45. The standard InChI is InChI=1S/C9H4F2INO3/c10-9(11)16-7-2-4(12)1-5(8(14)15)6(7)3-13/h1-2,9H,(H,14,15). The number of rotatable bonds is 3. The van der Waals surface area contributed by atoms with Gasteiger partial charge in [-0.3, -0.25) is 0 Å². The van der Waals surface area contributed by atoms with Crippen molar-refractivity contribution in [2.75, 3.05) is 0 Å². The molecule has 4 nitrogen and oxygen atoms in total. The van der Waals surface area contributed by atoms with Crippen LogP contribution in [0.5, 0.6) is 5.75 Å². The van der Waals surface area contributed by atoms with Gasteiger partial charge in [-0.05, 0) is 34.7 Å². The summed E-state index contributed by atoms with van der Waals surface area (Å²) in [5.41, 5.74) is -0.765. The molecule has 0 radical (unpaired) electrons. The van der Waals surface area contributed by atoms with Crippen LogP contribution < -0.4 is 4.74 Å². The number of aromatic carboxylic acids is 1. The van der Waals surface area contributed by atoms with Crippen LogP contribution in [0.3, 0.4) is 0 Å². The van der Waals surface area contributed by atoms with Gasteiger partial charge in [0, 0.05) is 3.57 Å². The number of carboxylic acids is 1. The number of nitriles is 1. The highest BCUT2D eigenvalue weighted by molar-refractivity contribution is 14.1. The highest BCUT2D eigenvalue weighted by Gasteiger charge is 2.18. The van der Waals surface area contributed by atoms with Crippen molar-refractivity contribution in [1.29, 1.82) is 5.26 Å². The Morgan fingerprint density at radius 3 is 2.62 bits per heavy atom. The highest BCUT2D eigenvalue weighted by Crippen LogP contribution is 2.26. The maximum Gasteiger partial charge on any atom is 0.387 e. The molecule has 16 heavy (non-hydrogen) atoms. The summed E-state index contributed by atoms with van der Waals surface area (Å²) < 4.78 is 28.5. The molecule has 7 heteroatoms. The minimum atomic E-state index is -3.10. The number of hydrogen-bond acceptors (Lipinski definition) is 3. The zero-order valence-corrected chi connectivity index (χ0v) is 9.73. The summed E-state index contributed by atoms with van der Waals surface area (Å²) in [6.07, 6.45) is 0. The Balaban J connectivity index is 3.37. The largest absolute Gasteiger partial charge is 0.478 e. The summed E-state index contributed by atoms with van der Waals surface area (Å²) in [5, 5.41) is 17.5. The summed E-state index contributed by atoms with van der Waals surface area (Å²) in [5.74, 6) is -1.80. The third kappa shape index (κ3) is 2.79. The lowest BCUT2D eigenvalue weighted by Gasteiger charge is -2.08. The van der Waals surface area contributed by atoms with Gasteiger partial charge in [0.25, 0.3) is 0 Å². The first-order valence-corrected chi connectivity index (χ1v) is 4.95. The van der Waals surface area contributed by atoms with Crippen LogP contribution >= 0.6 is 22.6 Å². The number of nitrogens with zero attached hydrogens (tertiary/aromatic N) is 1. The number of alkyl halides is 2. The lowest BCUT2D eigenvalue weighted by Crippen LogP contribution is -2.08. The van der Waals surface area contributed by atoms with E-state index in [1.165, 1.54) is 18.2 Å². The molecule has 0 amide bonds. The van der Waals surface area contributed by atoms with Crippen LogP contribution in [0.2, 0.25) is 0 Å². The number of benzene rings is 1. The maximum absolute atomic E-state index is 12.0. The van der Waals surface area contributed by atoms with Gasteiger partial charge in [0.05, 0.1) is 5.56 Å². The Morgan fingerprint density at radius 1 is 1.56 bits per heavy atom. The van der Waals surface area contributed by atoms with E-state index in [9.17, 15) is 13.6 Å². The molecule has 0 saturated heterocycles. The van der Waals surface area contributed by atoms with E-state index in [0.29, 0.717) is 3.57 Å². The normalized spacial score (nSPS) is 9.94. The molecule has 0 unspecified atom stereocenters. The number of hydrogen-bond donors (Lipinski definition) is 1. The van der Waals surface area contributed by atoms with E-state index in [-0.39, 0.29) is 5.56 Å². The number of carbonyl (C=O) groups is 1. The van der Waals surface area contributed by atoms with E-state index in [4.69, 9.17) is 10.4 Å². The predicted octanol–water partition coefficient (Wildman–Crippen LogP) is 2.46. The molecule has 84 valence electrons. The quantitative estimate of drug-likeness (QED) is 0.859. The van der Waals surface area contributed by atoms with E-state index in [0.717, 1.165) is 0 Å². The summed E-state index contributed by atoms with van der Waals surface area (Å²) >= 11 is 1.75. The van der Waals surface area contributed by atoms with Crippen LogP contribution in [0.15, 0.2) is 12.1 Å². The van der Waals surface area contributed by atoms with E-state index in [2.05, 4.69) is 4.74 Å². The van der Waals surface area contributed by atoms with Crippen LogP contribution in [0.4, 0.5) is 8.78 Å². The second-order valence-electron chi connectivity index (χ2n) is 2.62. The summed E-state index contributed by atoms with van der Waals surface area (Å²) in [4.78, 5) is 10.8. The summed E-state index contributed by atoms with van der Waals surface area (Å²) in [6, 6.07) is 3.92. The van der Waals surface area contributed by atoms with Gasteiger partial charge in [0.2, 0.25) is 0 Å². The van der Waals surface area contributed by atoms with Crippen molar-refractivity contribution in [3.8, 4) is 11.8 Å². The Labute approximate surface area is 103 Å². The summed E-state index contributed by atoms with van der Waals surface area (Å²) in [6.45, 7) is -3.10. The van der Waals surface area contributed by atoms with Crippen molar-refractivity contribution in [2.24, 2.45) is 0 Å². The van der Waals surface area contributed by atoms with Crippen molar-refractivity contribution >= 4 is 28.6 Å². The van der Waals surface area contributed by atoms with Crippen molar-refractivity contribution < 1.29 is 23.4 Å². The molecule has 1 aromatic carbocycles. The zero-order chi connectivity index (χ0) is 12.3. The van der Waals surface area contributed by atoms with Gasteiger partial charge in [0.15, 0.2) is 0 Å². The van der Waals surface area contributed by atoms with Crippen LogP contribution in [-0.4, -0.2) is 17.7 Å². The van der Waals surface area contributed by atoms with Crippen LogP contribution in [-0.2, 0) is 0 Å². The monoisotopic (exact) mass is 339 g/mol. The molecule has 0 fully saturated rings. The third-order valence-electron chi connectivity index (χ3n) is 1.63. The Hall–Kier alpha value is -1.43. The fourth-order valence-corrected chi connectivity index (χ4v) is 1.65. The van der Waals surface area contributed by atoms with Crippen LogP contribution in [0.1, 0.15) is 15.9 Å². The fraction of sp³-hybridized carbons (Fsp3) is 0.111. The summed E-state index contributed by atoms with van der Waals surface area (Å²) in [7, 11) is 0. The van der Waals surface area contributed by atoms with Crippen molar-refractivity contribution in [3.63, 3.8) is 0 Å². The molecule has 0 heterocycles. The van der Waals surface area contributed by atoms with E-state index >= 15 is 0 Å². The second-order valence-corrected chi connectivity index (χ2v) is 3.87. The first kappa shape index (κ1) is 12.6. The maximum atomic E-state index is 12.0. The van der Waals surface area contributed by atoms with Gasteiger partial charge in [-0.25, -0.2) is 4.79 Å². The molecule has 1 N–H and O–H groups in total. The smallest absolute Gasteiger partial charge is 0.387 e. The Morgan fingerprint density at radius 2 is 2.19 bits per heavy atom. The molecule has 0 spiro atoms. The second kappa shape index (κ2) is 5.07. The van der Waals surface area contributed by atoms with E-state index in [1.54, 1.807) is 22.6 Å². The van der Waals surface area contributed by atoms with Gasteiger partial charge >= 0.3 is 12.6 Å². The van der Waals surface area contributed by atoms with E-state index < -0.39 is 23.9 Å². The molecule has 0 aromatic heterocycles. The Bertz CT molecular complexity index is 471. The average molecular weight is 339 g/mol. The van der Waals surface area contributed by atoms with Crippen LogP contribution in [0.25, 0.3) is 0 Å². The van der Waals surface area contributed by atoms with Gasteiger partial charge in [0.1, 0.15) is 17.4 Å². The molecular formula is C9H4F2INO3. The minimum Gasteiger partial charge on any atom is -0.478 e. The number of carboxylic acid groups (broad SMARTS) is 1. The molecule has 0 bridgehead atoms. The van der Waals surface area contributed by atoms with Crippen molar-refractivity contribution in [1.82, 2.24) is 0 Å². The lowest BCUT2D eigenvalue weighted by molar-refractivity contribution is -0.0501. The number of halogens is 3. The molecule has 1 rings (SSSR count). The minimum absolute atomic E-state index is 0.356. The van der Waals surface area contributed by atoms with Gasteiger partial charge < -0.3 is 9.84 Å². The third-order valence-corrected chi connectivity index (χ3v) is 2.25. The van der Waals surface area contributed by atoms with Crippen molar-refractivity contribution in [2.45, 2.75) is 6.61 Å². The first-order valence-electron chi connectivity index (χ1n) is 3.87. The van der Waals surface area contributed by atoms with Gasteiger partial charge in [-0.2, -0.15) is 14.0 Å². The van der Waals surface area contributed by atoms with Crippen molar-refractivity contribution in [3.05, 3.63) is 26.8 Å². The Kier molecular flexibility index (Phi) is 4.00. The number of ether oxygens (including phenoxy) is 1. The average Bonchev–Trinajstić information content (AvgIpc) is 2.15. The van der Waals surface area contributed by atoms with E-state index in [1.807, 2.05) is 0 Å². The highest BCUT2D eigenvalue weighted by atomic mass is 127. The molecule has 0 aliphatic carbocycles. The molecular weight excluding hydrogens is 335 g/mol. The SMILES string of the molecule is N#Cc1c(OC(F)F)cc(I)cc1C(=O)O. The van der Waals surface area contributed by atoms with Gasteiger partial charge in [-0.1, -0.05) is 0 Å². The van der Waals surface area contributed by atoms with Gasteiger partial charge in [-0.15, -0.1) is 0 Å². The van der Waals surface area contributed by atoms with Crippen LogP contribution in [0, 0.1) is 14.9 Å². The lowest BCUT2D eigenvalue weighted by atomic mass is 10.1. The topological polar surface area (TPSA) is 70.3 Å². The predicted molar refractivity (Wildman–Crippen MR) is 57.5 cm³/mol. The molecule has 0 saturated carbocycles. The molecule has 0 aliphatic heterocycles. The fourth-order valence-electron chi connectivity index (χ4n) is 1.05. The molecule has 0 aliphatic rings.